The van der Waals surface area contributed by atoms with E-state index >= 15 is 0 Å². The number of ether oxygens (including phenoxy) is 2. The van der Waals surface area contributed by atoms with Crippen molar-refractivity contribution < 1.29 is 27.8 Å². The first-order chi connectivity index (χ1) is 19.0. The Morgan fingerprint density at radius 2 is 1.88 bits per heavy atom. The van der Waals surface area contributed by atoms with E-state index in [9.17, 15) is 18.4 Å². The van der Waals surface area contributed by atoms with Crippen LogP contribution >= 0.6 is 0 Å². The first kappa shape index (κ1) is 27.4. The van der Waals surface area contributed by atoms with Gasteiger partial charge >= 0.3 is 12.2 Å². The standard InChI is InChI=1S/C28H30F2N6O4/c1-27(2,3)39-25(37)32-23-7-6-22(19-13-20(29)15-21(30)14-19)34-36(23)16-18-8-10-28(11-9-18)17-35(26(38)40-28)24-5-4-12-31-33-24/h4-7,12-15,18H,8-11,16-17H2,1-3H3. The number of halogens is 2. The third-order valence-corrected chi connectivity index (χ3v) is 6.89. The van der Waals surface area contributed by atoms with Crippen molar-refractivity contribution >= 4 is 18.0 Å². The molecule has 2 amide bonds. The predicted octanol–water partition coefficient (Wildman–Crippen LogP) is 5.04. The lowest BCUT2D eigenvalue weighted by atomic mass is 9.78. The highest BCUT2D eigenvalue weighted by Crippen LogP contribution is 2.40. The second-order valence-corrected chi connectivity index (χ2v) is 11.2. The van der Waals surface area contributed by atoms with Crippen LogP contribution < -0.4 is 10.4 Å². The lowest BCUT2D eigenvalue weighted by Crippen LogP contribution is -2.40. The fourth-order valence-corrected chi connectivity index (χ4v) is 5.05. The summed E-state index contributed by atoms with van der Waals surface area (Å²) < 4.78 is 40.5. The first-order valence-electron chi connectivity index (χ1n) is 13.1. The summed E-state index contributed by atoms with van der Waals surface area (Å²) in [6.45, 7) is 6.02. The number of carbonyl (C=O) groups excluding carboxylic acids is 2. The summed E-state index contributed by atoms with van der Waals surface area (Å²) in [5.41, 5.74) is -0.490. The van der Waals surface area contributed by atoms with Crippen LogP contribution in [0.5, 0.6) is 0 Å². The van der Waals surface area contributed by atoms with Crippen LogP contribution in [0, 0.1) is 17.6 Å². The van der Waals surface area contributed by atoms with Crippen LogP contribution in [0.25, 0.3) is 11.3 Å². The topological polar surface area (TPSA) is 112 Å². The lowest BCUT2D eigenvalue weighted by molar-refractivity contribution is 0.0106. The van der Waals surface area contributed by atoms with E-state index in [1.807, 2.05) is 0 Å². The maximum atomic E-state index is 13.9. The number of carbonyl (C=O) groups is 2. The largest absolute Gasteiger partial charge is 0.442 e. The molecule has 1 saturated carbocycles. The van der Waals surface area contributed by atoms with E-state index in [1.54, 1.807) is 55.9 Å². The molecule has 0 atom stereocenters. The van der Waals surface area contributed by atoms with Crippen molar-refractivity contribution in [1.29, 1.82) is 0 Å². The van der Waals surface area contributed by atoms with Crippen molar-refractivity contribution in [2.75, 3.05) is 11.4 Å². The Morgan fingerprint density at radius 3 is 2.52 bits per heavy atom. The molecule has 3 aromatic rings. The summed E-state index contributed by atoms with van der Waals surface area (Å²) in [7, 11) is 0. The highest BCUT2D eigenvalue weighted by Gasteiger charge is 2.48. The smallest absolute Gasteiger partial charge is 0.436 e. The van der Waals surface area contributed by atoms with E-state index in [1.165, 1.54) is 17.0 Å². The normalized spacial score (nSPS) is 21.5. The number of hydrogen-bond donors (Lipinski definition) is 0. The number of amides is 2. The van der Waals surface area contributed by atoms with Crippen molar-refractivity contribution in [2.45, 2.75) is 64.2 Å². The fourth-order valence-electron chi connectivity index (χ4n) is 5.05. The monoisotopic (exact) mass is 552 g/mol. The molecule has 1 spiro atoms. The molecule has 0 unspecified atom stereocenters. The van der Waals surface area contributed by atoms with Gasteiger partial charge in [0, 0.05) is 24.4 Å². The molecule has 5 rings (SSSR count). The van der Waals surface area contributed by atoms with Gasteiger partial charge in [-0.3, -0.25) is 4.90 Å². The highest BCUT2D eigenvalue weighted by molar-refractivity contribution is 5.89. The van der Waals surface area contributed by atoms with Gasteiger partial charge in [-0.15, -0.1) is 5.10 Å². The molecule has 2 aliphatic rings. The van der Waals surface area contributed by atoms with Gasteiger partial charge in [0.25, 0.3) is 0 Å². The lowest BCUT2D eigenvalue weighted by Gasteiger charge is -2.35. The Bertz CT molecular complexity index is 1460. The van der Waals surface area contributed by atoms with Crippen LogP contribution in [0.1, 0.15) is 46.5 Å². The Kier molecular flexibility index (Phi) is 7.35. The second kappa shape index (κ2) is 10.7. The van der Waals surface area contributed by atoms with Crippen LogP contribution in [-0.4, -0.2) is 49.9 Å². The van der Waals surface area contributed by atoms with Gasteiger partial charge in [-0.1, -0.05) is 0 Å². The average molecular weight is 553 g/mol. The molecule has 1 aromatic carbocycles. The molecule has 1 saturated heterocycles. The molecule has 3 heterocycles. The minimum atomic E-state index is -0.767. The molecule has 2 aromatic heterocycles. The van der Waals surface area contributed by atoms with Crippen LogP contribution in [0.2, 0.25) is 0 Å². The molecule has 0 radical (unpaired) electrons. The first-order valence-corrected chi connectivity index (χ1v) is 13.1. The van der Waals surface area contributed by atoms with Crippen molar-refractivity contribution in [1.82, 2.24) is 20.0 Å². The van der Waals surface area contributed by atoms with Gasteiger partial charge in [-0.25, -0.2) is 23.1 Å². The van der Waals surface area contributed by atoms with Crippen molar-refractivity contribution in [3.8, 4) is 11.3 Å². The van der Waals surface area contributed by atoms with E-state index in [-0.39, 0.29) is 17.0 Å². The summed E-state index contributed by atoms with van der Waals surface area (Å²) >= 11 is 0. The molecular weight excluding hydrogens is 522 g/mol. The van der Waals surface area contributed by atoms with Gasteiger partial charge in [0.1, 0.15) is 22.8 Å². The Hall–Kier alpha value is -4.22. The fraction of sp³-hybridized carbons (Fsp3) is 0.429. The molecule has 2 fully saturated rings. The quantitative estimate of drug-likeness (QED) is 0.446. The summed E-state index contributed by atoms with van der Waals surface area (Å²) in [4.78, 5) is 30.7. The molecule has 1 aliphatic heterocycles. The van der Waals surface area contributed by atoms with Gasteiger partial charge in [0.05, 0.1) is 12.2 Å². The SMILES string of the molecule is CC(C)(C)OC(=O)N=c1ccc(-c2cc(F)cc(F)c2)nn1CC1CCC2(CC1)CN(c1cccnn1)C(=O)O2. The highest BCUT2D eigenvalue weighted by atomic mass is 19.1. The maximum Gasteiger partial charge on any atom is 0.436 e. The minimum Gasteiger partial charge on any atom is -0.442 e. The molecule has 40 heavy (non-hydrogen) atoms. The van der Waals surface area contributed by atoms with Crippen molar-refractivity contribution in [3.05, 3.63) is 65.8 Å². The Balaban J connectivity index is 1.37. The van der Waals surface area contributed by atoms with Gasteiger partial charge in [0.15, 0.2) is 11.3 Å². The summed E-state index contributed by atoms with van der Waals surface area (Å²) in [5, 5.41) is 12.5. The van der Waals surface area contributed by atoms with E-state index < -0.39 is 35.0 Å². The summed E-state index contributed by atoms with van der Waals surface area (Å²) in [5.74, 6) is -0.861. The van der Waals surface area contributed by atoms with E-state index in [4.69, 9.17) is 9.47 Å². The maximum absolute atomic E-state index is 13.9. The number of benzene rings is 1. The molecule has 210 valence electrons. The van der Waals surface area contributed by atoms with Crippen LogP contribution in [-0.2, 0) is 16.0 Å². The molecule has 0 bridgehead atoms. The third kappa shape index (κ3) is 6.32. The van der Waals surface area contributed by atoms with Gasteiger partial charge in [-0.05, 0) is 88.8 Å². The van der Waals surface area contributed by atoms with E-state index in [0.717, 1.165) is 18.9 Å². The molecule has 10 nitrogen and oxygen atoms in total. The predicted molar refractivity (Wildman–Crippen MR) is 140 cm³/mol. The average Bonchev–Trinajstić information content (AvgIpc) is 3.21. The van der Waals surface area contributed by atoms with E-state index in [2.05, 4.69) is 20.3 Å². The zero-order chi connectivity index (χ0) is 28.5. The van der Waals surface area contributed by atoms with Crippen molar-refractivity contribution in [2.24, 2.45) is 10.9 Å². The van der Waals surface area contributed by atoms with Crippen LogP contribution in [0.15, 0.2) is 53.7 Å². The van der Waals surface area contributed by atoms with Gasteiger partial charge in [0.2, 0.25) is 0 Å². The second-order valence-electron chi connectivity index (χ2n) is 11.2. The molecule has 0 N–H and O–H groups in total. The molecule has 12 heteroatoms. The van der Waals surface area contributed by atoms with Gasteiger partial charge in [-0.2, -0.15) is 15.2 Å². The number of anilines is 1. The van der Waals surface area contributed by atoms with Gasteiger partial charge < -0.3 is 9.47 Å². The van der Waals surface area contributed by atoms with Crippen molar-refractivity contribution in [3.63, 3.8) is 0 Å². The number of aromatic nitrogens is 4. The molecule has 1 aliphatic carbocycles. The molecular formula is C28H30F2N6O4. The van der Waals surface area contributed by atoms with E-state index in [0.29, 0.717) is 37.4 Å². The number of rotatable bonds is 4. The Morgan fingerprint density at radius 1 is 1.15 bits per heavy atom. The number of hydrogen-bond acceptors (Lipinski definition) is 7. The number of nitrogens with zero attached hydrogens (tertiary/aromatic N) is 6. The Labute approximate surface area is 229 Å². The van der Waals surface area contributed by atoms with Crippen LogP contribution in [0.3, 0.4) is 0 Å². The summed E-state index contributed by atoms with van der Waals surface area (Å²) in [6.07, 6.45) is 3.05. The third-order valence-electron chi connectivity index (χ3n) is 6.89. The minimum absolute atomic E-state index is 0.125. The summed E-state index contributed by atoms with van der Waals surface area (Å²) in [6, 6.07) is 9.76. The van der Waals surface area contributed by atoms with Crippen LogP contribution in [0.4, 0.5) is 24.2 Å². The zero-order valence-corrected chi connectivity index (χ0v) is 22.5. The zero-order valence-electron chi connectivity index (χ0n) is 22.5.